The highest BCUT2D eigenvalue weighted by Crippen LogP contribution is 2.65. The van der Waals surface area contributed by atoms with E-state index in [-0.39, 0.29) is 0 Å². The maximum absolute atomic E-state index is 2.49. The van der Waals surface area contributed by atoms with Crippen LogP contribution in [0.3, 0.4) is 0 Å². The van der Waals surface area contributed by atoms with E-state index in [0.29, 0.717) is 0 Å². The van der Waals surface area contributed by atoms with Crippen molar-refractivity contribution in [2.24, 2.45) is 0 Å². The molecular weight excluding hydrogens is 761 g/mol. The molecule has 0 amide bonds. The molecule has 1 heterocycles. The van der Waals surface area contributed by atoms with E-state index in [1.807, 2.05) is 0 Å². The number of hydrogen-bond donors (Lipinski definition) is 0. The molecule has 0 atom stereocenters. The van der Waals surface area contributed by atoms with Gasteiger partial charge in [-0.25, -0.2) is 0 Å². The molecule has 0 unspecified atom stereocenters. The minimum Gasteiger partial charge on any atom is -0.310 e. The van der Waals surface area contributed by atoms with Gasteiger partial charge >= 0.3 is 0 Å². The van der Waals surface area contributed by atoms with Crippen LogP contribution in [0.5, 0.6) is 0 Å². The SMILES string of the molecule is c1ccc(-c2ccc(N(c3ccc(-c4ccc5c(c4)c4ccccc4n5-c4ccccc4)cc3)c3cccc4c3C3(c5ccccc5-c5ccccc53)c3ccccc3-4)cc2)cc1. The topological polar surface area (TPSA) is 8.17 Å². The molecule has 1 aromatic heterocycles. The molecule has 1 spiro atoms. The lowest BCUT2D eigenvalue weighted by atomic mass is 9.70. The van der Waals surface area contributed by atoms with E-state index in [0.717, 1.165) is 11.4 Å². The van der Waals surface area contributed by atoms with E-state index in [1.165, 1.54) is 99.9 Å². The number of nitrogens with zero attached hydrogens (tertiary/aromatic N) is 2. The fourth-order valence-corrected chi connectivity index (χ4v) is 11.0. The fraction of sp³-hybridized carbons (Fsp3) is 0.0164. The van der Waals surface area contributed by atoms with Crippen molar-refractivity contribution < 1.29 is 0 Å². The van der Waals surface area contributed by atoms with E-state index in [1.54, 1.807) is 0 Å². The number of hydrogen-bond acceptors (Lipinski definition) is 1. The third-order valence-corrected chi connectivity index (χ3v) is 13.6. The third kappa shape index (κ3) is 5.19. The second-order valence-corrected chi connectivity index (χ2v) is 16.8. The lowest BCUT2D eigenvalue weighted by Crippen LogP contribution is -2.28. The number of fused-ring (bicyclic) bond motifs is 13. The molecular formula is C61H40N2. The van der Waals surface area contributed by atoms with Gasteiger partial charge in [0.25, 0.3) is 0 Å². The zero-order valence-corrected chi connectivity index (χ0v) is 34.5. The average molecular weight is 801 g/mol. The largest absolute Gasteiger partial charge is 0.310 e. The molecule has 0 saturated heterocycles. The monoisotopic (exact) mass is 800 g/mol. The molecule has 13 rings (SSSR count). The Hall–Kier alpha value is -8.20. The Morgan fingerprint density at radius 1 is 0.317 bits per heavy atom. The second kappa shape index (κ2) is 13.9. The molecule has 10 aromatic carbocycles. The Labute approximate surface area is 367 Å². The highest BCUT2D eigenvalue weighted by Gasteiger charge is 2.53. The molecule has 0 radical (unpaired) electrons. The first-order valence-electron chi connectivity index (χ1n) is 21.8. The average Bonchev–Trinajstić information content (AvgIpc) is 3.97. The lowest BCUT2D eigenvalue weighted by Gasteiger charge is -2.36. The Kier molecular flexibility index (Phi) is 7.85. The molecule has 0 saturated carbocycles. The van der Waals surface area contributed by atoms with Gasteiger partial charge < -0.3 is 9.47 Å². The summed E-state index contributed by atoms with van der Waals surface area (Å²) >= 11 is 0. The minimum atomic E-state index is -0.494. The highest BCUT2D eigenvalue weighted by atomic mass is 15.1. The van der Waals surface area contributed by atoms with Gasteiger partial charge in [-0.15, -0.1) is 0 Å². The predicted molar refractivity (Wildman–Crippen MR) is 263 cm³/mol. The van der Waals surface area contributed by atoms with Crippen molar-refractivity contribution in [2.75, 3.05) is 4.90 Å². The van der Waals surface area contributed by atoms with Crippen LogP contribution in [0.2, 0.25) is 0 Å². The maximum atomic E-state index is 2.49. The fourth-order valence-electron chi connectivity index (χ4n) is 11.0. The van der Waals surface area contributed by atoms with E-state index < -0.39 is 5.41 Å². The highest BCUT2D eigenvalue weighted by molar-refractivity contribution is 6.10. The molecule has 11 aromatic rings. The van der Waals surface area contributed by atoms with Gasteiger partial charge in [-0.05, 0) is 122 Å². The number of aromatic nitrogens is 1. The second-order valence-electron chi connectivity index (χ2n) is 16.8. The summed E-state index contributed by atoms with van der Waals surface area (Å²) < 4.78 is 2.38. The first kappa shape index (κ1) is 35.5. The number of para-hydroxylation sites is 2. The first-order chi connectivity index (χ1) is 31.3. The first-order valence-corrected chi connectivity index (χ1v) is 21.8. The molecule has 2 nitrogen and oxygen atoms in total. The van der Waals surface area contributed by atoms with Crippen LogP contribution in [0.4, 0.5) is 17.1 Å². The van der Waals surface area contributed by atoms with Gasteiger partial charge in [0.1, 0.15) is 0 Å². The van der Waals surface area contributed by atoms with Crippen LogP contribution < -0.4 is 4.90 Å². The van der Waals surface area contributed by atoms with Crippen molar-refractivity contribution in [1.29, 1.82) is 0 Å². The van der Waals surface area contributed by atoms with Gasteiger partial charge in [-0.1, -0.05) is 182 Å². The molecule has 63 heavy (non-hydrogen) atoms. The summed E-state index contributed by atoms with van der Waals surface area (Å²) in [5.74, 6) is 0. The summed E-state index contributed by atoms with van der Waals surface area (Å²) in [7, 11) is 0. The molecule has 294 valence electrons. The molecule has 2 heteroatoms. The summed E-state index contributed by atoms with van der Waals surface area (Å²) in [4.78, 5) is 2.49. The van der Waals surface area contributed by atoms with Crippen LogP contribution in [-0.4, -0.2) is 4.57 Å². The zero-order valence-electron chi connectivity index (χ0n) is 34.5. The Morgan fingerprint density at radius 2 is 0.778 bits per heavy atom. The number of benzene rings is 10. The van der Waals surface area contributed by atoms with Crippen LogP contribution in [0, 0.1) is 0 Å². The number of rotatable bonds is 6. The van der Waals surface area contributed by atoms with Gasteiger partial charge in [0.2, 0.25) is 0 Å². The lowest BCUT2D eigenvalue weighted by molar-refractivity contribution is 0.793. The van der Waals surface area contributed by atoms with Gasteiger partial charge in [-0.3, -0.25) is 0 Å². The normalized spacial score (nSPS) is 12.9. The van der Waals surface area contributed by atoms with Crippen molar-refractivity contribution in [3.8, 4) is 50.2 Å². The van der Waals surface area contributed by atoms with Crippen molar-refractivity contribution in [1.82, 2.24) is 4.57 Å². The molecule has 0 aliphatic heterocycles. The van der Waals surface area contributed by atoms with Crippen molar-refractivity contribution in [3.63, 3.8) is 0 Å². The molecule has 0 N–H and O–H groups in total. The smallest absolute Gasteiger partial charge is 0.0746 e. The summed E-state index contributed by atoms with van der Waals surface area (Å²) in [6, 6.07) is 89.5. The third-order valence-electron chi connectivity index (χ3n) is 13.6. The Morgan fingerprint density at radius 3 is 1.41 bits per heavy atom. The van der Waals surface area contributed by atoms with E-state index in [2.05, 4.69) is 252 Å². The Balaban J connectivity index is 1.01. The standard InChI is InChI=1S/C61H40N2/c1-3-16-41(17-4-1)42-30-35-46(36-31-42)62(47-37-32-43(33-38-47)44-34-39-58-53(40-44)51-23-10-14-28-57(51)63(58)45-18-5-2-6-19-45)59-29-15-24-52-50-22-9-13-27-56(50)61(60(52)59)54-25-11-7-20-48(54)49-21-8-12-26-55(49)61/h1-40H. The van der Waals surface area contributed by atoms with Gasteiger partial charge in [0.05, 0.1) is 22.1 Å². The van der Waals surface area contributed by atoms with Crippen LogP contribution in [0.1, 0.15) is 22.3 Å². The van der Waals surface area contributed by atoms with Crippen molar-refractivity contribution in [2.45, 2.75) is 5.41 Å². The summed E-state index contributed by atoms with van der Waals surface area (Å²) in [6.45, 7) is 0. The van der Waals surface area contributed by atoms with Crippen LogP contribution >= 0.6 is 0 Å². The van der Waals surface area contributed by atoms with Crippen molar-refractivity contribution >= 4 is 38.9 Å². The van der Waals surface area contributed by atoms with Crippen LogP contribution in [-0.2, 0) is 5.41 Å². The van der Waals surface area contributed by atoms with Gasteiger partial charge in [-0.2, -0.15) is 0 Å². The van der Waals surface area contributed by atoms with Crippen LogP contribution in [0.15, 0.2) is 243 Å². The molecule has 2 aliphatic carbocycles. The quantitative estimate of drug-likeness (QED) is 0.163. The summed E-state index contributed by atoms with van der Waals surface area (Å²) in [5.41, 5.74) is 21.7. The van der Waals surface area contributed by atoms with Crippen LogP contribution in [0.25, 0.3) is 72.0 Å². The molecule has 0 bridgehead atoms. The zero-order chi connectivity index (χ0) is 41.5. The van der Waals surface area contributed by atoms with Gasteiger partial charge in [0, 0.05) is 33.4 Å². The van der Waals surface area contributed by atoms with Crippen molar-refractivity contribution in [3.05, 3.63) is 265 Å². The van der Waals surface area contributed by atoms with E-state index in [9.17, 15) is 0 Å². The van der Waals surface area contributed by atoms with Gasteiger partial charge in [0.15, 0.2) is 0 Å². The number of anilines is 3. The Bertz CT molecular complexity index is 3480. The summed E-state index contributed by atoms with van der Waals surface area (Å²) in [5, 5.41) is 2.50. The predicted octanol–water partition coefficient (Wildman–Crippen LogP) is 15.9. The molecule has 0 fully saturated rings. The van der Waals surface area contributed by atoms with E-state index in [4.69, 9.17) is 0 Å². The van der Waals surface area contributed by atoms with E-state index >= 15 is 0 Å². The molecule has 2 aliphatic rings. The maximum Gasteiger partial charge on any atom is 0.0746 e. The minimum absolute atomic E-state index is 0.494. The summed E-state index contributed by atoms with van der Waals surface area (Å²) in [6.07, 6.45) is 0.